The summed E-state index contributed by atoms with van der Waals surface area (Å²) in [6, 6.07) is 5.46. The van der Waals surface area contributed by atoms with Crippen molar-refractivity contribution < 1.29 is 9.47 Å². The van der Waals surface area contributed by atoms with Gasteiger partial charge in [0, 0.05) is 23.9 Å². The summed E-state index contributed by atoms with van der Waals surface area (Å²) in [7, 11) is 1.61. The highest BCUT2D eigenvalue weighted by molar-refractivity contribution is 5.64. The lowest BCUT2D eigenvalue weighted by Gasteiger charge is -2.11. The Bertz CT molecular complexity index is 592. The van der Waals surface area contributed by atoms with Crippen molar-refractivity contribution in [1.82, 2.24) is 20.2 Å². The van der Waals surface area contributed by atoms with Crippen molar-refractivity contribution >= 4 is 5.69 Å². The van der Waals surface area contributed by atoms with Gasteiger partial charge in [0.15, 0.2) is 5.82 Å². The highest BCUT2D eigenvalue weighted by Crippen LogP contribution is 2.26. The Labute approximate surface area is 116 Å². The van der Waals surface area contributed by atoms with Crippen molar-refractivity contribution in [1.29, 1.82) is 0 Å². The molecule has 0 aliphatic carbocycles. The number of nitrogen functional groups attached to an aromatic ring is 1. The largest absolute Gasteiger partial charge is 0.497 e. The molecule has 7 heteroatoms. The molecule has 1 saturated heterocycles. The summed E-state index contributed by atoms with van der Waals surface area (Å²) in [4.78, 5) is 0. The molecule has 20 heavy (non-hydrogen) atoms. The van der Waals surface area contributed by atoms with E-state index in [1.807, 2.05) is 12.1 Å². The summed E-state index contributed by atoms with van der Waals surface area (Å²) in [5, 5.41) is 11.9. The van der Waals surface area contributed by atoms with Gasteiger partial charge < -0.3 is 15.2 Å². The van der Waals surface area contributed by atoms with E-state index < -0.39 is 0 Å². The zero-order chi connectivity index (χ0) is 13.9. The third kappa shape index (κ3) is 2.57. The van der Waals surface area contributed by atoms with E-state index in [0.717, 1.165) is 25.0 Å². The number of methoxy groups -OCH3 is 1. The number of benzene rings is 1. The lowest BCUT2D eigenvalue weighted by atomic mass is 10.1. The first-order chi connectivity index (χ1) is 9.76. The minimum atomic E-state index is 0.181. The smallest absolute Gasteiger partial charge is 0.182 e. The Kier molecular flexibility index (Phi) is 3.51. The van der Waals surface area contributed by atoms with Crippen LogP contribution in [-0.2, 0) is 11.3 Å². The Balaban J connectivity index is 1.90. The molecular weight excluding hydrogens is 258 g/mol. The molecule has 2 heterocycles. The second kappa shape index (κ2) is 5.46. The van der Waals surface area contributed by atoms with Crippen LogP contribution in [0.1, 0.15) is 12.8 Å². The topological polar surface area (TPSA) is 88.1 Å². The van der Waals surface area contributed by atoms with Crippen LogP contribution in [0.2, 0.25) is 0 Å². The monoisotopic (exact) mass is 275 g/mol. The van der Waals surface area contributed by atoms with E-state index in [1.165, 1.54) is 0 Å². The third-order valence-electron chi connectivity index (χ3n) is 3.36. The van der Waals surface area contributed by atoms with E-state index in [-0.39, 0.29) is 6.10 Å². The normalized spacial score (nSPS) is 18.4. The summed E-state index contributed by atoms with van der Waals surface area (Å²) in [6.45, 7) is 1.47. The number of nitrogens with two attached hydrogens (primary N) is 1. The van der Waals surface area contributed by atoms with Crippen molar-refractivity contribution in [3.8, 4) is 17.1 Å². The number of tetrazole rings is 1. The van der Waals surface area contributed by atoms with E-state index in [0.29, 0.717) is 23.8 Å². The third-order valence-corrected chi connectivity index (χ3v) is 3.36. The molecule has 1 unspecified atom stereocenters. The molecule has 2 N–H and O–H groups in total. The number of hydrogen-bond acceptors (Lipinski definition) is 6. The van der Waals surface area contributed by atoms with Crippen LogP contribution in [0.3, 0.4) is 0 Å². The van der Waals surface area contributed by atoms with Crippen LogP contribution >= 0.6 is 0 Å². The van der Waals surface area contributed by atoms with E-state index in [4.69, 9.17) is 15.2 Å². The highest BCUT2D eigenvalue weighted by Gasteiger charge is 2.19. The average Bonchev–Trinajstić information content (AvgIpc) is 3.10. The standard InChI is InChI=1S/C13H17N5O2/c1-19-12-6-9(5-10(14)7-12)13-15-16-17-18(13)8-11-3-2-4-20-11/h5-7,11H,2-4,8,14H2,1H3. The summed E-state index contributed by atoms with van der Waals surface area (Å²) in [5.74, 6) is 1.36. The van der Waals surface area contributed by atoms with Gasteiger partial charge in [-0.05, 0) is 35.4 Å². The zero-order valence-corrected chi connectivity index (χ0v) is 11.3. The molecule has 1 aliphatic rings. The van der Waals surface area contributed by atoms with Crippen molar-refractivity contribution in [3.63, 3.8) is 0 Å². The van der Waals surface area contributed by atoms with E-state index in [2.05, 4.69) is 15.5 Å². The van der Waals surface area contributed by atoms with Crippen molar-refractivity contribution in [2.24, 2.45) is 0 Å². The van der Waals surface area contributed by atoms with E-state index >= 15 is 0 Å². The number of hydrogen-bond donors (Lipinski definition) is 1. The van der Waals surface area contributed by atoms with Crippen LogP contribution in [0.25, 0.3) is 11.4 Å². The van der Waals surface area contributed by atoms with Gasteiger partial charge in [-0.25, -0.2) is 4.68 Å². The van der Waals surface area contributed by atoms with Crippen LogP contribution in [-0.4, -0.2) is 40.0 Å². The molecule has 0 saturated carbocycles. The van der Waals surface area contributed by atoms with Crippen LogP contribution in [0.4, 0.5) is 5.69 Å². The molecule has 1 fully saturated rings. The number of aromatic nitrogens is 4. The summed E-state index contributed by atoms with van der Waals surface area (Å²) < 4.78 is 12.6. The lowest BCUT2D eigenvalue weighted by Crippen LogP contribution is -2.17. The van der Waals surface area contributed by atoms with E-state index in [9.17, 15) is 0 Å². The number of anilines is 1. The molecule has 1 atom stereocenters. The van der Waals surface area contributed by atoms with Gasteiger partial charge in [0.25, 0.3) is 0 Å². The fourth-order valence-corrected chi connectivity index (χ4v) is 2.38. The Morgan fingerprint density at radius 3 is 3.10 bits per heavy atom. The first-order valence-electron chi connectivity index (χ1n) is 6.59. The maximum Gasteiger partial charge on any atom is 0.182 e. The molecule has 1 aliphatic heterocycles. The van der Waals surface area contributed by atoms with E-state index in [1.54, 1.807) is 17.9 Å². The second-order valence-electron chi connectivity index (χ2n) is 4.81. The van der Waals surface area contributed by atoms with Crippen LogP contribution in [0.15, 0.2) is 18.2 Å². The Morgan fingerprint density at radius 1 is 1.45 bits per heavy atom. The summed E-state index contributed by atoms with van der Waals surface area (Å²) >= 11 is 0. The number of nitrogens with zero attached hydrogens (tertiary/aromatic N) is 4. The first-order valence-corrected chi connectivity index (χ1v) is 6.59. The quantitative estimate of drug-likeness (QED) is 0.841. The molecule has 0 amide bonds. The maximum absolute atomic E-state index is 5.87. The molecule has 1 aromatic heterocycles. The zero-order valence-electron chi connectivity index (χ0n) is 11.3. The molecule has 106 valence electrons. The van der Waals surface area contributed by atoms with Crippen molar-refractivity contribution in [2.45, 2.75) is 25.5 Å². The Morgan fingerprint density at radius 2 is 2.35 bits per heavy atom. The SMILES string of the molecule is COc1cc(N)cc(-c2nnnn2CC2CCCO2)c1. The van der Waals surface area contributed by atoms with Crippen molar-refractivity contribution in [2.75, 3.05) is 19.5 Å². The van der Waals surface area contributed by atoms with Crippen LogP contribution < -0.4 is 10.5 Å². The van der Waals surface area contributed by atoms with Crippen LogP contribution in [0, 0.1) is 0 Å². The molecule has 0 radical (unpaired) electrons. The molecule has 1 aromatic carbocycles. The minimum Gasteiger partial charge on any atom is -0.497 e. The molecule has 3 rings (SSSR count). The molecule has 0 spiro atoms. The maximum atomic E-state index is 5.87. The van der Waals surface area contributed by atoms with Crippen LogP contribution in [0.5, 0.6) is 5.75 Å². The van der Waals surface area contributed by atoms with Gasteiger partial charge in [-0.2, -0.15) is 0 Å². The van der Waals surface area contributed by atoms with Gasteiger partial charge in [-0.15, -0.1) is 5.10 Å². The first kappa shape index (κ1) is 12.9. The van der Waals surface area contributed by atoms with Gasteiger partial charge in [-0.3, -0.25) is 0 Å². The summed E-state index contributed by atoms with van der Waals surface area (Å²) in [6.07, 6.45) is 2.31. The lowest BCUT2D eigenvalue weighted by molar-refractivity contribution is 0.0939. The predicted octanol–water partition coefficient (Wildman–Crippen LogP) is 1.11. The summed E-state index contributed by atoms with van der Waals surface area (Å²) in [5.41, 5.74) is 7.33. The fraction of sp³-hybridized carbons (Fsp3) is 0.462. The predicted molar refractivity (Wildman–Crippen MR) is 73.2 cm³/mol. The van der Waals surface area contributed by atoms with Gasteiger partial charge in [0.05, 0.1) is 19.8 Å². The number of rotatable bonds is 4. The minimum absolute atomic E-state index is 0.181. The van der Waals surface area contributed by atoms with Gasteiger partial charge in [-0.1, -0.05) is 0 Å². The fourth-order valence-electron chi connectivity index (χ4n) is 2.38. The number of ether oxygens (including phenoxy) is 2. The van der Waals surface area contributed by atoms with Gasteiger partial charge >= 0.3 is 0 Å². The average molecular weight is 275 g/mol. The second-order valence-corrected chi connectivity index (χ2v) is 4.81. The molecular formula is C13H17N5O2. The van der Waals surface area contributed by atoms with Gasteiger partial charge in [0.1, 0.15) is 5.75 Å². The van der Waals surface area contributed by atoms with Crippen molar-refractivity contribution in [3.05, 3.63) is 18.2 Å². The molecule has 2 aromatic rings. The molecule has 7 nitrogen and oxygen atoms in total. The molecule has 0 bridgehead atoms. The Hall–Kier alpha value is -2.15. The van der Waals surface area contributed by atoms with Gasteiger partial charge in [0.2, 0.25) is 0 Å². The highest BCUT2D eigenvalue weighted by atomic mass is 16.5.